The zero-order chi connectivity index (χ0) is 15.1. The number of nitrogens with two attached hydrogens (primary N) is 1. The summed E-state index contributed by atoms with van der Waals surface area (Å²) in [5.41, 5.74) is 3.37. The summed E-state index contributed by atoms with van der Waals surface area (Å²) >= 11 is 0. The van der Waals surface area contributed by atoms with E-state index in [1.54, 1.807) is 0 Å². The first-order chi connectivity index (χ1) is 10.2. The van der Waals surface area contributed by atoms with Crippen molar-refractivity contribution in [1.29, 1.82) is 0 Å². The Morgan fingerprint density at radius 2 is 1.76 bits per heavy atom. The second-order valence-corrected chi connectivity index (χ2v) is 5.24. The van der Waals surface area contributed by atoms with Crippen LogP contribution in [0.25, 0.3) is 0 Å². The lowest BCUT2D eigenvalue weighted by atomic mass is 10.1. The number of aryl methyl sites for hydroxylation is 1. The van der Waals surface area contributed by atoms with E-state index in [2.05, 4.69) is 31.3 Å². The summed E-state index contributed by atoms with van der Waals surface area (Å²) in [6.07, 6.45) is 1.01. The molecule has 2 aromatic rings. The molecule has 3 heteroatoms. The van der Waals surface area contributed by atoms with Crippen molar-refractivity contribution in [2.24, 2.45) is 0 Å². The van der Waals surface area contributed by atoms with E-state index in [0.717, 1.165) is 12.1 Å². The average molecular weight is 283 g/mol. The first-order valence-corrected chi connectivity index (χ1v) is 7.46. The van der Waals surface area contributed by atoms with Crippen LogP contribution in [0.5, 0.6) is 0 Å². The van der Waals surface area contributed by atoms with Crippen molar-refractivity contribution in [2.75, 3.05) is 11.9 Å². The minimum atomic E-state index is 0.0297. The second kappa shape index (κ2) is 7.60. The van der Waals surface area contributed by atoms with Crippen molar-refractivity contribution in [1.82, 2.24) is 0 Å². The standard InChI is InChI=1S/C18H22N2O/c1-3-15-9-11-17(12-10-15)20-18(21)13-19-14(2)16-7-5-4-6-8-16/h4-12,14,19H,3,13H2,1-2H3,(H,20,21)/p+1/t14-/m1/s1. The predicted molar refractivity (Wildman–Crippen MR) is 86.1 cm³/mol. The summed E-state index contributed by atoms with van der Waals surface area (Å²) < 4.78 is 0. The van der Waals surface area contributed by atoms with Crippen molar-refractivity contribution >= 4 is 11.6 Å². The van der Waals surface area contributed by atoms with Crippen LogP contribution >= 0.6 is 0 Å². The van der Waals surface area contributed by atoms with E-state index in [4.69, 9.17) is 0 Å². The van der Waals surface area contributed by atoms with E-state index < -0.39 is 0 Å². The van der Waals surface area contributed by atoms with Crippen LogP contribution < -0.4 is 10.6 Å². The lowest BCUT2D eigenvalue weighted by Crippen LogP contribution is -2.86. The van der Waals surface area contributed by atoms with Crippen LogP contribution in [0.15, 0.2) is 54.6 Å². The summed E-state index contributed by atoms with van der Waals surface area (Å²) in [5, 5.41) is 4.98. The van der Waals surface area contributed by atoms with Crippen molar-refractivity contribution < 1.29 is 10.1 Å². The summed E-state index contributed by atoms with van der Waals surface area (Å²) in [6.45, 7) is 4.65. The van der Waals surface area contributed by atoms with Gasteiger partial charge >= 0.3 is 0 Å². The third-order valence-electron chi connectivity index (χ3n) is 3.63. The molecule has 2 aromatic carbocycles. The summed E-state index contributed by atoms with van der Waals surface area (Å²) in [5.74, 6) is 0.0297. The van der Waals surface area contributed by atoms with E-state index in [1.807, 2.05) is 47.8 Å². The molecule has 0 fully saturated rings. The molecule has 1 atom stereocenters. The molecule has 0 aliphatic rings. The molecular formula is C18H23N2O+. The fourth-order valence-corrected chi connectivity index (χ4v) is 2.21. The molecule has 0 unspecified atom stereocenters. The molecule has 0 heterocycles. The van der Waals surface area contributed by atoms with Crippen LogP contribution in [0, 0.1) is 0 Å². The smallest absolute Gasteiger partial charge is 0.279 e. The Kier molecular flexibility index (Phi) is 5.52. The number of hydrogen-bond donors (Lipinski definition) is 2. The Morgan fingerprint density at radius 1 is 1.10 bits per heavy atom. The Morgan fingerprint density at radius 3 is 2.38 bits per heavy atom. The number of nitrogens with one attached hydrogen (secondary N) is 1. The highest BCUT2D eigenvalue weighted by atomic mass is 16.1. The van der Waals surface area contributed by atoms with Crippen molar-refractivity contribution in [3.63, 3.8) is 0 Å². The number of rotatable bonds is 6. The number of hydrogen-bond acceptors (Lipinski definition) is 1. The molecule has 1 amide bonds. The van der Waals surface area contributed by atoms with Gasteiger partial charge in [0.15, 0.2) is 6.54 Å². The molecule has 0 saturated heterocycles. The molecular weight excluding hydrogens is 260 g/mol. The first-order valence-electron chi connectivity index (χ1n) is 7.46. The molecule has 2 rings (SSSR count). The van der Waals surface area contributed by atoms with Gasteiger partial charge < -0.3 is 10.6 Å². The van der Waals surface area contributed by atoms with Gasteiger partial charge in [-0.2, -0.15) is 0 Å². The van der Waals surface area contributed by atoms with Crippen molar-refractivity contribution in [2.45, 2.75) is 26.3 Å². The number of amides is 1. The molecule has 21 heavy (non-hydrogen) atoms. The molecule has 3 N–H and O–H groups in total. The first kappa shape index (κ1) is 15.3. The van der Waals surface area contributed by atoms with Gasteiger partial charge in [0.1, 0.15) is 6.04 Å². The Labute approximate surface area is 126 Å². The van der Waals surface area contributed by atoms with E-state index >= 15 is 0 Å². The minimum Gasteiger partial charge on any atom is -0.333 e. The summed E-state index contributed by atoms with van der Waals surface area (Å²) in [4.78, 5) is 12.0. The van der Waals surface area contributed by atoms with E-state index in [0.29, 0.717) is 6.54 Å². The van der Waals surface area contributed by atoms with Gasteiger partial charge in [-0.05, 0) is 31.0 Å². The lowest BCUT2D eigenvalue weighted by molar-refractivity contribution is -0.682. The van der Waals surface area contributed by atoms with Gasteiger partial charge in [-0.1, -0.05) is 49.4 Å². The Hall–Kier alpha value is -2.13. The minimum absolute atomic E-state index is 0.0297. The molecule has 0 bridgehead atoms. The number of anilines is 1. The lowest BCUT2D eigenvalue weighted by Gasteiger charge is -2.11. The third kappa shape index (κ3) is 4.72. The van der Waals surface area contributed by atoms with Crippen LogP contribution in [0.3, 0.4) is 0 Å². The SMILES string of the molecule is CCc1ccc(NC(=O)C[NH2+][C@H](C)c2ccccc2)cc1. The molecule has 0 aliphatic heterocycles. The summed E-state index contributed by atoms with van der Waals surface area (Å²) in [6, 6.07) is 18.5. The van der Waals surface area contributed by atoms with E-state index in [-0.39, 0.29) is 11.9 Å². The van der Waals surface area contributed by atoms with Gasteiger partial charge in [0.2, 0.25) is 0 Å². The fourth-order valence-electron chi connectivity index (χ4n) is 2.21. The topological polar surface area (TPSA) is 45.7 Å². The van der Waals surface area contributed by atoms with Crippen molar-refractivity contribution in [3.05, 3.63) is 65.7 Å². The number of carbonyl (C=O) groups is 1. The van der Waals surface area contributed by atoms with Crippen LogP contribution in [0.4, 0.5) is 5.69 Å². The van der Waals surface area contributed by atoms with Crippen molar-refractivity contribution in [3.8, 4) is 0 Å². The maximum atomic E-state index is 12.0. The zero-order valence-electron chi connectivity index (χ0n) is 12.7. The quantitative estimate of drug-likeness (QED) is 0.840. The predicted octanol–water partition coefficient (Wildman–Crippen LogP) is 2.51. The van der Waals surface area contributed by atoms with Gasteiger partial charge in [-0.25, -0.2) is 0 Å². The number of carbonyl (C=O) groups excluding carboxylic acids is 1. The van der Waals surface area contributed by atoms with Gasteiger partial charge in [0.05, 0.1) is 0 Å². The maximum absolute atomic E-state index is 12.0. The van der Waals surface area contributed by atoms with Crippen LogP contribution in [0.2, 0.25) is 0 Å². The third-order valence-corrected chi connectivity index (χ3v) is 3.63. The van der Waals surface area contributed by atoms with Gasteiger partial charge in [-0.3, -0.25) is 4.79 Å². The molecule has 0 aliphatic carbocycles. The molecule has 0 aromatic heterocycles. The fraction of sp³-hybridized carbons (Fsp3) is 0.278. The second-order valence-electron chi connectivity index (χ2n) is 5.24. The zero-order valence-corrected chi connectivity index (χ0v) is 12.7. The highest BCUT2D eigenvalue weighted by molar-refractivity contribution is 5.91. The molecule has 0 saturated carbocycles. The largest absolute Gasteiger partial charge is 0.333 e. The molecule has 110 valence electrons. The maximum Gasteiger partial charge on any atom is 0.279 e. The molecule has 3 nitrogen and oxygen atoms in total. The van der Waals surface area contributed by atoms with E-state index in [1.165, 1.54) is 11.1 Å². The average Bonchev–Trinajstić information content (AvgIpc) is 2.54. The molecule has 0 radical (unpaired) electrons. The van der Waals surface area contributed by atoms with Gasteiger partial charge in [-0.15, -0.1) is 0 Å². The van der Waals surface area contributed by atoms with Gasteiger partial charge in [0.25, 0.3) is 5.91 Å². The normalized spacial score (nSPS) is 11.9. The Bertz CT molecular complexity index is 564. The van der Waals surface area contributed by atoms with Crippen LogP contribution in [-0.2, 0) is 11.2 Å². The number of benzene rings is 2. The monoisotopic (exact) mass is 283 g/mol. The van der Waals surface area contributed by atoms with Gasteiger partial charge in [0, 0.05) is 11.3 Å². The van der Waals surface area contributed by atoms with E-state index in [9.17, 15) is 4.79 Å². The van der Waals surface area contributed by atoms with Crippen LogP contribution in [0.1, 0.15) is 31.0 Å². The highest BCUT2D eigenvalue weighted by Gasteiger charge is 2.11. The molecule has 0 spiro atoms. The Balaban J connectivity index is 1.81. The van der Waals surface area contributed by atoms with Crippen LogP contribution in [-0.4, -0.2) is 12.5 Å². The summed E-state index contributed by atoms with van der Waals surface area (Å²) in [7, 11) is 0. The number of quaternary nitrogens is 1. The highest BCUT2D eigenvalue weighted by Crippen LogP contribution is 2.09.